The highest BCUT2D eigenvalue weighted by molar-refractivity contribution is 6.30. The largest absolute Gasteiger partial charge is 0.366 e. The van der Waals surface area contributed by atoms with Gasteiger partial charge in [-0.2, -0.15) is 0 Å². The molecular formula is C19H18ClN3O2. The maximum Gasteiger partial charge on any atom is 0.248 e. The molecule has 0 saturated heterocycles. The maximum absolute atomic E-state index is 12.6. The molecule has 0 aliphatic carbocycles. The van der Waals surface area contributed by atoms with Gasteiger partial charge >= 0.3 is 0 Å². The molecule has 5 nitrogen and oxygen atoms in total. The Balaban J connectivity index is 2.03. The van der Waals surface area contributed by atoms with Crippen molar-refractivity contribution in [3.63, 3.8) is 0 Å². The Kier molecular flexibility index (Phi) is 4.86. The van der Waals surface area contributed by atoms with Crippen molar-refractivity contribution in [1.82, 2.24) is 0 Å². The van der Waals surface area contributed by atoms with Crippen LogP contribution in [0, 0.1) is 0 Å². The number of nitrogens with one attached hydrogen (secondary N) is 1. The van der Waals surface area contributed by atoms with Crippen LogP contribution in [0.2, 0.25) is 5.02 Å². The summed E-state index contributed by atoms with van der Waals surface area (Å²) in [5.41, 5.74) is 8.58. The van der Waals surface area contributed by atoms with Gasteiger partial charge in [0.1, 0.15) is 5.92 Å². The third kappa shape index (κ3) is 3.56. The zero-order valence-corrected chi connectivity index (χ0v) is 14.5. The maximum atomic E-state index is 12.6. The first-order chi connectivity index (χ1) is 12.0. The fraction of sp³-hybridized carbons (Fsp3) is 0.211. The second-order valence-corrected chi connectivity index (χ2v) is 6.36. The molecule has 0 spiro atoms. The van der Waals surface area contributed by atoms with E-state index in [1.165, 1.54) is 0 Å². The lowest BCUT2D eigenvalue weighted by molar-refractivity contribution is -0.115. The van der Waals surface area contributed by atoms with Gasteiger partial charge in [0, 0.05) is 22.0 Å². The number of carbonyl (C=O) groups excluding carboxylic acids is 2. The number of anilines is 1. The minimum atomic E-state index is -0.526. The predicted octanol–water partition coefficient (Wildman–Crippen LogP) is 4.05. The van der Waals surface area contributed by atoms with Crippen LogP contribution in [0.25, 0.3) is 0 Å². The average molecular weight is 356 g/mol. The predicted molar refractivity (Wildman–Crippen MR) is 99.8 cm³/mol. The van der Waals surface area contributed by atoms with Crippen molar-refractivity contribution < 1.29 is 9.59 Å². The molecule has 1 aliphatic heterocycles. The Hall–Kier alpha value is -2.66. The Bertz CT molecular complexity index is 877. The molecule has 25 heavy (non-hydrogen) atoms. The van der Waals surface area contributed by atoms with Gasteiger partial charge in [0.25, 0.3) is 0 Å². The summed E-state index contributed by atoms with van der Waals surface area (Å²) in [4.78, 5) is 28.6. The molecule has 0 radical (unpaired) electrons. The van der Waals surface area contributed by atoms with Crippen LogP contribution in [-0.2, 0) is 4.79 Å². The average Bonchev–Trinajstić information content (AvgIpc) is 2.89. The van der Waals surface area contributed by atoms with Gasteiger partial charge in [-0.05, 0) is 42.3 Å². The number of carbonyl (C=O) groups is 2. The quantitative estimate of drug-likeness (QED) is 0.793. The number of halogens is 1. The van der Waals surface area contributed by atoms with Gasteiger partial charge in [0.15, 0.2) is 0 Å². The zero-order valence-electron chi connectivity index (χ0n) is 13.8. The number of hydrogen-bond donors (Lipinski definition) is 2. The summed E-state index contributed by atoms with van der Waals surface area (Å²) in [5, 5.41) is 3.42. The standard InChI is InChI=1S/C19H18ClN3O2/c1-2-4-15(22-13-6-3-5-12(20)10-13)17-14-8-7-11(18(21)24)9-16(14)23-19(17)25/h3,5-10,17H,2,4H2,1H3,(H2,21,24)(H,23,25). The zero-order chi connectivity index (χ0) is 18.0. The van der Waals surface area contributed by atoms with Gasteiger partial charge in [-0.25, -0.2) is 0 Å². The molecule has 3 N–H and O–H groups in total. The minimum absolute atomic E-state index is 0.147. The molecule has 1 aliphatic rings. The van der Waals surface area contributed by atoms with Crippen LogP contribution < -0.4 is 11.1 Å². The summed E-state index contributed by atoms with van der Waals surface area (Å²) in [5.74, 6) is -1.15. The topological polar surface area (TPSA) is 84.6 Å². The van der Waals surface area contributed by atoms with Crippen LogP contribution in [0.3, 0.4) is 0 Å². The van der Waals surface area contributed by atoms with Crippen LogP contribution in [0.5, 0.6) is 0 Å². The van der Waals surface area contributed by atoms with Gasteiger partial charge in [-0.3, -0.25) is 14.6 Å². The van der Waals surface area contributed by atoms with Crippen LogP contribution in [0.1, 0.15) is 41.6 Å². The number of nitrogens with zero attached hydrogens (tertiary/aromatic N) is 1. The number of rotatable bonds is 5. The van der Waals surface area contributed by atoms with Crippen LogP contribution >= 0.6 is 11.6 Å². The number of benzene rings is 2. The summed E-state index contributed by atoms with van der Waals surface area (Å²) < 4.78 is 0. The van der Waals surface area contributed by atoms with Gasteiger partial charge in [0.05, 0.1) is 5.69 Å². The summed E-state index contributed by atoms with van der Waals surface area (Å²) in [6, 6.07) is 12.2. The molecule has 0 saturated carbocycles. The number of aliphatic imine (C=N–C) groups is 1. The van der Waals surface area contributed by atoms with Crippen LogP contribution in [0.4, 0.5) is 11.4 Å². The molecule has 6 heteroatoms. The fourth-order valence-corrected chi connectivity index (χ4v) is 3.16. The molecule has 0 bridgehead atoms. The summed E-state index contributed by atoms with van der Waals surface area (Å²) >= 11 is 6.03. The van der Waals surface area contributed by atoms with Crippen molar-refractivity contribution in [2.75, 3.05) is 5.32 Å². The van der Waals surface area contributed by atoms with Gasteiger partial charge < -0.3 is 11.1 Å². The van der Waals surface area contributed by atoms with Crippen molar-refractivity contribution in [3.8, 4) is 0 Å². The third-order valence-corrected chi connectivity index (χ3v) is 4.32. The van der Waals surface area contributed by atoms with E-state index in [4.69, 9.17) is 17.3 Å². The summed E-state index contributed by atoms with van der Waals surface area (Å²) in [6.07, 6.45) is 1.54. The molecular weight excluding hydrogens is 338 g/mol. The van der Waals surface area contributed by atoms with E-state index in [9.17, 15) is 9.59 Å². The highest BCUT2D eigenvalue weighted by Crippen LogP contribution is 2.36. The van der Waals surface area contributed by atoms with E-state index < -0.39 is 11.8 Å². The number of fused-ring (bicyclic) bond motifs is 1. The van der Waals surface area contributed by atoms with Gasteiger partial charge in [0.2, 0.25) is 11.8 Å². The lowest BCUT2D eigenvalue weighted by Gasteiger charge is -2.13. The first-order valence-corrected chi connectivity index (χ1v) is 8.45. The van der Waals surface area contributed by atoms with E-state index >= 15 is 0 Å². The second kappa shape index (κ2) is 7.07. The van der Waals surface area contributed by atoms with Crippen molar-refractivity contribution in [2.24, 2.45) is 10.7 Å². The Morgan fingerprint density at radius 3 is 2.76 bits per heavy atom. The normalized spacial score (nSPS) is 16.5. The lowest BCUT2D eigenvalue weighted by Crippen LogP contribution is -2.20. The number of hydrogen-bond acceptors (Lipinski definition) is 3. The lowest BCUT2D eigenvalue weighted by atomic mass is 9.92. The fourth-order valence-electron chi connectivity index (χ4n) is 2.98. The van der Waals surface area contributed by atoms with Crippen molar-refractivity contribution >= 4 is 40.5 Å². The van der Waals surface area contributed by atoms with E-state index in [0.29, 0.717) is 28.4 Å². The summed E-state index contributed by atoms with van der Waals surface area (Å²) in [6.45, 7) is 2.04. The first kappa shape index (κ1) is 17.2. The molecule has 2 aromatic rings. The van der Waals surface area contributed by atoms with E-state index in [0.717, 1.165) is 17.7 Å². The van der Waals surface area contributed by atoms with E-state index in [1.807, 2.05) is 19.1 Å². The van der Waals surface area contributed by atoms with Crippen molar-refractivity contribution in [3.05, 3.63) is 58.6 Å². The van der Waals surface area contributed by atoms with Crippen LogP contribution in [-0.4, -0.2) is 17.5 Å². The van der Waals surface area contributed by atoms with Gasteiger partial charge in [-0.15, -0.1) is 0 Å². The molecule has 128 valence electrons. The first-order valence-electron chi connectivity index (χ1n) is 8.07. The molecule has 3 rings (SSSR count). The van der Waals surface area contributed by atoms with Crippen molar-refractivity contribution in [1.29, 1.82) is 0 Å². The molecule has 0 aromatic heterocycles. The van der Waals surface area contributed by atoms with E-state index in [1.54, 1.807) is 30.3 Å². The molecule has 1 atom stereocenters. The Labute approximate surface area is 150 Å². The molecule has 0 fully saturated rings. The highest BCUT2D eigenvalue weighted by atomic mass is 35.5. The smallest absolute Gasteiger partial charge is 0.248 e. The Morgan fingerprint density at radius 1 is 1.28 bits per heavy atom. The SMILES string of the molecule is CCCC(=Nc1cccc(Cl)c1)C1C(=O)Nc2cc(C(N)=O)ccc21. The molecule has 2 amide bonds. The number of amides is 2. The monoisotopic (exact) mass is 355 g/mol. The minimum Gasteiger partial charge on any atom is -0.366 e. The Morgan fingerprint density at radius 2 is 2.08 bits per heavy atom. The second-order valence-electron chi connectivity index (χ2n) is 5.92. The van der Waals surface area contributed by atoms with Crippen molar-refractivity contribution in [2.45, 2.75) is 25.7 Å². The number of nitrogens with two attached hydrogens (primary N) is 1. The molecule has 1 unspecified atom stereocenters. The summed E-state index contributed by atoms with van der Waals surface area (Å²) in [7, 11) is 0. The molecule has 2 aromatic carbocycles. The highest BCUT2D eigenvalue weighted by Gasteiger charge is 2.34. The van der Waals surface area contributed by atoms with Crippen LogP contribution in [0.15, 0.2) is 47.5 Å². The molecule has 1 heterocycles. The van der Waals surface area contributed by atoms with E-state index in [2.05, 4.69) is 10.3 Å². The third-order valence-electron chi connectivity index (χ3n) is 4.09. The van der Waals surface area contributed by atoms with E-state index in [-0.39, 0.29) is 5.91 Å². The van der Waals surface area contributed by atoms with Gasteiger partial charge in [-0.1, -0.05) is 37.1 Å². The number of primary amides is 1.